The Morgan fingerprint density at radius 3 is 2.58 bits per heavy atom. The molecule has 0 bridgehead atoms. The van der Waals surface area contributed by atoms with Crippen LogP contribution >= 0.6 is 11.6 Å². The molecule has 0 unspecified atom stereocenters. The van der Waals surface area contributed by atoms with Gasteiger partial charge in [0.1, 0.15) is 6.54 Å². The average Bonchev–Trinajstić information content (AvgIpc) is 2.60. The fourth-order valence-corrected chi connectivity index (χ4v) is 2.31. The van der Waals surface area contributed by atoms with Crippen LogP contribution in [0.25, 0.3) is 11.3 Å². The van der Waals surface area contributed by atoms with Crippen molar-refractivity contribution in [2.75, 3.05) is 5.32 Å². The fourth-order valence-electron chi connectivity index (χ4n) is 2.13. The third-order valence-corrected chi connectivity index (χ3v) is 3.61. The Morgan fingerprint density at radius 1 is 1.08 bits per heavy atom. The number of benzene rings is 1. The van der Waals surface area contributed by atoms with Crippen molar-refractivity contribution in [2.45, 2.75) is 6.54 Å². The highest BCUT2D eigenvalue weighted by Crippen LogP contribution is 2.20. The van der Waals surface area contributed by atoms with Crippen molar-refractivity contribution in [3.8, 4) is 11.3 Å². The summed E-state index contributed by atoms with van der Waals surface area (Å²) in [5.41, 5.74) is 1.53. The Balaban J connectivity index is 1.81. The molecule has 6 nitrogen and oxygen atoms in total. The van der Waals surface area contributed by atoms with E-state index in [0.717, 1.165) is 10.2 Å². The normalized spacial score (nSPS) is 10.4. The van der Waals surface area contributed by atoms with E-state index in [2.05, 4.69) is 15.4 Å². The van der Waals surface area contributed by atoms with Crippen molar-refractivity contribution >= 4 is 23.2 Å². The lowest BCUT2D eigenvalue weighted by Gasteiger charge is -2.09. The molecule has 120 valence electrons. The summed E-state index contributed by atoms with van der Waals surface area (Å²) < 4.78 is 1.11. The molecule has 0 aliphatic carbocycles. The van der Waals surface area contributed by atoms with E-state index in [0.29, 0.717) is 16.4 Å². The van der Waals surface area contributed by atoms with Gasteiger partial charge in [-0.25, -0.2) is 4.68 Å². The topological polar surface area (TPSA) is 76.9 Å². The maximum absolute atomic E-state index is 12.2. The molecule has 0 radical (unpaired) electrons. The number of pyridine rings is 1. The van der Waals surface area contributed by atoms with Gasteiger partial charge in [0.2, 0.25) is 5.91 Å². The molecule has 1 N–H and O–H groups in total. The highest BCUT2D eigenvalue weighted by atomic mass is 35.5. The van der Waals surface area contributed by atoms with Gasteiger partial charge in [0.15, 0.2) is 0 Å². The molecule has 3 aromatic rings. The first-order chi connectivity index (χ1) is 11.6. The molecule has 0 fully saturated rings. The van der Waals surface area contributed by atoms with Crippen molar-refractivity contribution in [2.24, 2.45) is 0 Å². The van der Waals surface area contributed by atoms with E-state index in [1.165, 1.54) is 6.07 Å². The monoisotopic (exact) mass is 340 g/mol. The van der Waals surface area contributed by atoms with Crippen molar-refractivity contribution in [3.05, 3.63) is 76.3 Å². The summed E-state index contributed by atoms with van der Waals surface area (Å²) in [7, 11) is 0. The number of nitrogens with zero attached hydrogens (tertiary/aromatic N) is 3. The first-order valence-electron chi connectivity index (χ1n) is 7.16. The Bertz CT molecular complexity index is 925. The smallest absolute Gasteiger partial charge is 0.267 e. The molecule has 1 amide bonds. The van der Waals surface area contributed by atoms with E-state index in [1.807, 2.05) is 0 Å². The highest BCUT2D eigenvalue weighted by molar-refractivity contribution is 6.33. The van der Waals surface area contributed by atoms with Gasteiger partial charge in [-0.2, -0.15) is 5.10 Å². The summed E-state index contributed by atoms with van der Waals surface area (Å²) >= 11 is 6.00. The van der Waals surface area contributed by atoms with Gasteiger partial charge in [-0.3, -0.25) is 14.6 Å². The second kappa shape index (κ2) is 7.06. The van der Waals surface area contributed by atoms with Crippen molar-refractivity contribution < 1.29 is 4.79 Å². The van der Waals surface area contributed by atoms with Gasteiger partial charge in [-0.1, -0.05) is 23.7 Å². The summed E-state index contributed by atoms with van der Waals surface area (Å²) in [6.07, 6.45) is 3.27. The van der Waals surface area contributed by atoms with Gasteiger partial charge in [0.05, 0.1) is 16.4 Å². The number of nitrogens with one attached hydrogen (secondary N) is 1. The zero-order valence-electron chi connectivity index (χ0n) is 12.5. The number of carbonyl (C=O) groups excluding carboxylic acids is 1. The van der Waals surface area contributed by atoms with Crippen molar-refractivity contribution in [3.63, 3.8) is 0 Å². The standard InChI is InChI=1S/C17H13ClN4O2/c18-13-3-1-2-4-15(13)20-16(23)11-22-17(24)6-5-14(21-22)12-7-9-19-10-8-12/h1-10H,11H2,(H,20,23). The zero-order valence-corrected chi connectivity index (χ0v) is 13.3. The maximum Gasteiger partial charge on any atom is 0.267 e. The van der Waals surface area contributed by atoms with Crippen LogP contribution in [0.4, 0.5) is 5.69 Å². The minimum atomic E-state index is -0.385. The van der Waals surface area contributed by atoms with Crippen LogP contribution in [0.1, 0.15) is 0 Å². The SMILES string of the molecule is O=C(Cn1nc(-c2ccncc2)ccc1=O)Nc1ccccc1Cl. The quantitative estimate of drug-likeness (QED) is 0.792. The molecule has 0 saturated heterocycles. The highest BCUT2D eigenvalue weighted by Gasteiger charge is 2.09. The number of carbonyl (C=O) groups is 1. The Labute approximate surface area is 142 Å². The number of hydrogen-bond donors (Lipinski definition) is 1. The minimum absolute atomic E-state index is 0.205. The Kier molecular flexibility index (Phi) is 4.67. The molecule has 1 aromatic carbocycles. The number of anilines is 1. The first kappa shape index (κ1) is 15.9. The van der Waals surface area contributed by atoms with E-state index in [-0.39, 0.29) is 18.0 Å². The van der Waals surface area contributed by atoms with Gasteiger partial charge in [0.25, 0.3) is 5.56 Å². The molecule has 3 rings (SSSR count). The molecule has 0 spiro atoms. The second-order valence-electron chi connectivity index (χ2n) is 4.98. The largest absolute Gasteiger partial charge is 0.323 e. The van der Waals surface area contributed by atoms with Crippen LogP contribution in [0.15, 0.2) is 65.7 Å². The van der Waals surface area contributed by atoms with Crippen LogP contribution in [0.3, 0.4) is 0 Å². The predicted octanol–water partition coefficient (Wildman–Crippen LogP) is 2.60. The van der Waals surface area contributed by atoms with Crippen LogP contribution in [0.2, 0.25) is 5.02 Å². The minimum Gasteiger partial charge on any atom is -0.323 e. The third kappa shape index (κ3) is 3.67. The maximum atomic E-state index is 12.2. The summed E-state index contributed by atoms with van der Waals surface area (Å²) in [5, 5.41) is 7.32. The summed E-state index contributed by atoms with van der Waals surface area (Å²) in [6, 6.07) is 13.4. The lowest BCUT2D eigenvalue weighted by molar-refractivity contribution is -0.117. The van der Waals surface area contributed by atoms with Gasteiger partial charge in [-0.15, -0.1) is 0 Å². The lowest BCUT2D eigenvalue weighted by Crippen LogP contribution is -2.29. The number of amides is 1. The van der Waals surface area contributed by atoms with Crippen LogP contribution in [-0.4, -0.2) is 20.7 Å². The number of hydrogen-bond acceptors (Lipinski definition) is 4. The fraction of sp³-hybridized carbons (Fsp3) is 0.0588. The zero-order chi connectivity index (χ0) is 16.9. The number of rotatable bonds is 4. The molecule has 0 aliphatic heterocycles. The summed E-state index contributed by atoms with van der Waals surface area (Å²) in [5.74, 6) is -0.385. The molecule has 0 aliphatic rings. The molecule has 2 aromatic heterocycles. The van der Waals surface area contributed by atoms with E-state index in [9.17, 15) is 9.59 Å². The van der Waals surface area contributed by atoms with E-state index in [1.54, 1.807) is 54.9 Å². The number of halogens is 1. The summed E-state index contributed by atoms with van der Waals surface area (Å²) in [4.78, 5) is 28.0. The molecule has 0 atom stereocenters. The van der Waals surface area contributed by atoms with Gasteiger partial charge in [0, 0.05) is 24.0 Å². The van der Waals surface area contributed by atoms with E-state index < -0.39 is 0 Å². The van der Waals surface area contributed by atoms with E-state index >= 15 is 0 Å². The number of aromatic nitrogens is 3. The molecule has 2 heterocycles. The molecular formula is C17H13ClN4O2. The predicted molar refractivity (Wildman–Crippen MR) is 91.8 cm³/mol. The summed E-state index contributed by atoms with van der Waals surface area (Å²) in [6.45, 7) is -0.205. The van der Waals surface area contributed by atoms with Crippen LogP contribution < -0.4 is 10.9 Å². The molecule has 7 heteroatoms. The average molecular weight is 341 g/mol. The first-order valence-corrected chi connectivity index (χ1v) is 7.54. The third-order valence-electron chi connectivity index (χ3n) is 3.28. The second-order valence-corrected chi connectivity index (χ2v) is 5.39. The van der Waals surface area contributed by atoms with Gasteiger partial charge in [-0.05, 0) is 30.3 Å². The Hall–Kier alpha value is -2.99. The molecule has 0 saturated carbocycles. The van der Waals surface area contributed by atoms with Crippen LogP contribution in [0.5, 0.6) is 0 Å². The number of para-hydroxylation sites is 1. The lowest BCUT2D eigenvalue weighted by atomic mass is 10.2. The van der Waals surface area contributed by atoms with Gasteiger partial charge < -0.3 is 5.32 Å². The van der Waals surface area contributed by atoms with Crippen LogP contribution in [-0.2, 0) is 11.3 Å². The van der Waals surface area contributed by atoms with Crippen molar-refractivity contribution in [1.82, 2.24) is 14.8 Å². The van der Waals surface area contributed by atoms with Crippen molar-refractivity contribution in [1.29, 1.82) is 0 Å². The Morgan fingerprint density at radius 2 is 1.83 bits per heavy atom. The molecular weight excluding hydrogens is 328 g/mol. The van der Waals surface area contributed by atoms with Gasteiger partial charge >= 0.3 is 0 Å². The van der Waals surface area contributed by atoms with E-state index in [4.69, 9.17) is 11.6 Å². The molecule has 24 heavy (non-hydrogen) atoms. The van der Waals surface area contributed by atoms with Crippen LogP contribution in [0, 0.1) is 0 Å².